The van der Waals surface area contributed by atoms with Gasteiger partial charge in [-0.2, -0.15) is 13.2 Å². The van der Waals surface area contributed by atoms with Gasteiger partial charge < -0.3 is 14.6 Å². The van der Waals surface area contributed by atoms with Crippen LogP contribution >= 0.6 is 11.6 Å². The number of cyclic esters (lactones) is 1. The maximum atomic E-state index is 14.5. The minimum Gasteiger partial charge on any atom is -0.489 e. The zero-order chi connectivity index (χ0) is 25.2. The second-order valence-corrected chi connectivity index (χ2v) is 8.10. The molecule has 2 amide bonds. The fraction of sp³-hybridized carbons (Fsp3) is 0.167. The Kier molecular flexibility index (Phi) is 6.49. The van der Waals surface area contributed by atoms with E-state index in [1.165, 1.54) is 36.4 Å². The number of carbonyl (C=O) groups is 2. The second-order valence-electron chi connectivity index (χ2n) is 7.67. The summed E-state index contributed by atoms with van der Waals surface area (Å²) in [4.78, 5) is 24.5. The topological polar surface area (TPSA) is 88.1 Å². The highest BCUT2D eigenvalue weighted by atomic mass is 35.5. The second kappa shape index (κ2) is 9.38. The van der Waals surface area contributed by atoms with Gasteiger partial charge in [0.2, 0.25) is 0 Å². The van der Waals surface area contributed by atoms with Gasteiger partial charge in [-0.05, 0) is 48.0 Å². The van der Waals surface area contributed by atoms with Crippen molar-refractivity contribution in [2.75, 3.05) is 16.8 Å². The van der Waals surface area contributed by atoms with Crippen LogP contribution in [0.3, 0.4) is 0 Å². The summed E-state index contributed by atoms with van der Waals surface area (Å²) < 4.78 is 53.8. The summed E-state index contributed by atoms with van der Waals surface area (Å²) in [6.07, 6.45) is -8.21. The molecule has 1 atom stereocenters. The predicted octanol–water partition coefficient (Wildman–Crippen LogP) is 6.42. The van der Waals surface area contributed by atoms with Crippen molar-refractivity contribution < 1.29 is 37.3 Å². The van der Waals surface area contributed by atoms with Crippen LogP contribution in [0.25, 0.3) is 0 Å². The van der Waals surface area contributed by atoms with Crippen molar-refractivity contribution in [3.8, 4) is 5.75 Å². The highest BCUT2D eigenvalue weighted by Gasteiger charge is 2.63. The van der Waals surface area contributed by atoms with Crippen LogP contribution in [-0.4, -0.2) is 30.0 Å². The van der Waals surface area contributed by atoms with Crippen molar-refractivity contribution in [3.63, 3.8) is 0 Å². The van der Waals surface area contributed by atoms with Crippen LogP contribution in [-0.2, 0) is 16.9 Å². The van der Waals surface area contributed by atoms with Crippen LogP contribution in [0.4, 0.5) is 34.1 Å². The number of nitrogens with one attached hydrogen (secondary N) is 1. The first-order valence-electron chi connectivity index (χ1n) is 10.2. The van der Waals surface area contributed by atoms with Crippen LogP contribution in [0.5, 0.6) is 5.75 Å². The molecule has 0 spiro atoms. The standard InChI is InChI=1S/C24H18ClF3N2O5/c25-16-6-11-20-19(12-16)23(24(26,27)28,35-21(31)29-20)14-30(22(32)33)17-7-9-18(10-8-17)34-13-15-4-2-1-3-5-15/h1-12H,13-14H2,(H,29,31)(H,32,33). The summed E-state index contributed by atoms with van der Waals surface area (Å²) >= 11 is 5.92. The molecule has 35 heavy (non-hydrogen) atoms. The Hall–Kier alpha value is -3.92. The lowest BCUT2D eigenvalue weighted by atomic mass is 9.89. The van der Waals surface area contributed by atoms with E-state index in [0.29, 0.717) is 10.6 Å². The average molecular weight is 507 g/mol. The number of halogens is 4. The number of hydrogen-bond donors (Lipinski definition) is 2. The number of fused-ring (bicyclic) bond motifs is 1. The highest BCUT2D eigenvalue weighted by Crippen LogP contribution is 2.49. The smallest absolute Gasteiger partial charge is 0.434 e. The molecule has 2 N–H and O–H groups in total. The first-order valence-corrected chi connectivity index (χ1v) is 10.6. The first-order chi connectivity index (χ1) is 16.6. The predicted molar refractivity (Wildman–Crippen MR) is 122 cm³/mol. The van der Waals surface area contributed by atoms with Crippen molar-refractivity contribution >= 4 is 35.2 Å². The molecule has 1 unspecified atom stereocenters. The normalized spacial score (nSPS) is 17.1. The Morgan fingerprint density at radius 3 is 2.40 bits per heavy atom. The van der Waals surface area contributed by atoms with Gasteiger partial charge >= 0.3 is 18.4 Å². The summed E-state index contributed by atoms with van der Waals surface area (Å²) in [5.74, 6) is 0.388. The molecule has 3 aromatic carbocycles. The van der Waals surface area contributed by atoms with Gasteiger partial charge in [0.15, 0.2) is 0 Å². The minimum absolute atomic E-state index is 0.0427. The van der Waals surface area contributed by atoms with E-state index in [-0.39, 0.29) is 23.0 Å². The monoisotopic (exact) mass is 506 g/mol. The Morgan fingerprint density at radius 1 is 1.09 bits per heavy atom. The Labute approximate surface area is 202 Å². The maximum Gasteiger partial charge on any atom is 0.434 e. The first kappa shape index (κ1) is 24.2. The van der Waals surface area contributed by atoms with Gasteiger partial charge in [0.25, 0.3) is 5.60 Å². The van der Waals surface area contributed by atoms with Crippen LogP contribution in [0.1, 0.15) is 11.1 Å². The zero-order valence-electron chi connectivity index (χ0n) is 17.9. The maximum absolute atomic E-state index is 14.5. The molecular formula is C24H18ClF3N2O5. The number of carbonyl (C=O) groups excluding carboxylic acids is 1. The number of ether oxygens (including phenoxy) is 2. The molecule has 0 bridgehead atoms. The number of rotatable bonds is 6. The molecule has 182 valence electrons. The number of nitrogens with zero attached hydrogens (tertiary/aromatic N) is 1. The number of carboxylic acid groups (broad SMARTS) is 1. The van der Waals surface area contributed by atoms with Gasteiger partial charge in [-0.3, -0.25) is 10.2 Å². The van der Waals surface area contributed by atoms with E-state index in [1.807, 2.05) is 30.3 Å². The number of amides is 2. The molecule has 0 saturated heterocycles. The Morgan fingerprint density at radius 2 is 1.77 bits per heavy atom. The van der Waals surface area contributed by atoms with Crippen molar-refractivity contribution in [2.45, 2.75) is 18.4 Å². The number of anilines is 2. The quantitative estimate of drug-likeness (QED) is 0.402. The van der Waals surface area contributed by atoms with Crippen molar-refractivity contribution in [1.29, 1.82) is 0 Å². The van der Waals surface area contributed by atoms with Gasteiger partial charge in [0.05, 0.1) is 12.2 Å². The summed E-state index contributed by atoms with van der Waals surface area (Å²) in [6, 6.07) is 18.3. The molecule has 1 aliphatic rings. The molecule has 0 aromatic heterocycles. The molecule has 0 radical (unpaired) electrons. The van der Waals surface area contributed by atoms with Crippen molar-refractivity contribution in [2.24, 2.45) is 0 Å². The third-order valence-corrected chi connectivity index (χ3v) is 5.62. The summed E-state index contributed by atoms with van der Waals surface area (Å²) in [7, 11) is 0. The molecule has 0 fully saturated rings. The SMILES string of the molecule is O=C1Nc2ccc(Cl)cc2C(CN(C(=O)O)c2ccc(OCc3ccccc3)cc2)(C(F)(F)F)O1. The van der Waals surface area contributed by atoms with Gasteiger partial charge in [0, 0.05) is 16.3 Å². The molecule has 3 aromatic rings. The molecule has 4 rings (SSSR count). The van der Waals surface area contributed by atoms with Gasteiger partial charge in [0.1, 0.15) is 12.4 Å². The van der Waals surface area contributed by atoms with E-state index in [9.17, 15) is 27.9 Å². The molecule has 1 aliphatic heterocycles. The number of benzene rings is 3. The lowest BCUT2D eigenvalue weighted by molar-refractivity contribution is -0.260. The molecule has 0 aliphatic carbocycles. The molecule has 1 heterocycles. The minimum atomic E-state index is -5.17. The van der Waals surface area contributed by atoms with E-state index in [0.717, 1.165) is 11.6 Å². The van der Waals surface area contributed by atoms with Gasteiger partial charge in [-0.1, -0.05) is 41.9 Å². The zero-order valence-corrected chi connectivity index (χ0v) is 18.6. The largest absolute Gasteiger partial charge is 0.489 e. The third kappa shape index (κ3) is 4.97. The van der Waals surface area contributed by atoms with Crippen LogP contribution in [0.15, 0.2) is 72.8 Å². The molecule has 7 nitrogen and oxygen atoms in total. The third-order valence-electron chi connectivity index (χ3n) is 5.39. The lowest BCUT2D eigenvalue weighted by Gasteiger charge is -2.41. The van der Waals surface area contributed by atoms with Crippen LogP contribution in [0.2, 0.25) is 5.02 Å². The van der Waals surface area contributed by atoms with Gasteiger partial charge in [-0.25, -0.2) is 9.59 Å². The van der Waals surface area contributed by atoms with E-state index in [1.54, 1.807) is 0 Å². The average Bonchev–Trinajstić information content (AvgIpc) is 2.81. The molecule has 0 saturated carbocycles. The summed E-state index contributed by atoms with van der Waals surface area (Å²) in [6.45, 7) is -1.00. The van der Waals surface area contributed by atoms with Crippen LogP contribution < -0.4 is 15.0 Å². The summed E-state index contributed by atoms with van der Waals surface area (Å²) in [5, 5.41) is 11.9. The highest BCUT2D eigenvalue weighted by molar-refractivity contribution is 6.30. The summed E-state index contributed by atoms with van der Waals surface area (Å²) in [5.41, 5.74) is -3.16. The number of hydrogen-bond acceptors (Lipinski definition) is 4. The van der Waals surface area contributed by atoms with E-state index < -0.39 is 36.1 Å². The van der Waals surface area contributed by atoms with Crippen molar-refractivity contribution in [3.05, 3.63) is 88.9 Å². The van der Waals surface area contributed by atoms with E-state index in [2.05, 4.69) is 5.32 Å². The van der Waals surface area contributed by atoms with Crippen molar-refractivity contribution in [1.82, 2.24) is 0 Å². The van der Waals surface area contributed by atoms with Gasteiger partial charge in [-0.15, -0.1) is 0 Å². The fourth-order valence-electron chi connectivity index (χ4n) is 3.68. The van der Waals surface area contributed by atoms with Crippen LogP contribution in [0, 0.1) is 0 Å². The molecular weight excluding hydrogens is 489 g/mol. The molecule has 11 heteroatoms. The Balaban J connectivity index is 1.65. The van der Waals surface area contributed by atoms with E-state index >= 15 is 0 Å². The lowest BCUT2D eigenvalue weighted by Crippen LogP contribution is -2.57. The fourth-order valence-corrected chi connectivity index (χ4v) is 3.85. The van der Waals surface area contributed by atoms with E-state index in [4.69, 9.17) is 21.1 Å². The number of alkyl halides is 3. The Bertz CT molecular complexity index is 1240.